The van der Waals surface area contributed by atoms with Gasteiger partial charge in [-0.2, -0.15) is 0 Å². The van der Waals surface area contributed by atoms with E-state index in [1.54, 1.807) is 23.4 Å². The Bertz CT molecular complexity index is 939. The highest BCUT2D eigenvalue weighted by Crippen LogP contribution is 2.26. The van der Waals surface area contributed by atoms with Gasteiger partial charge in [0.15, 0.2) is 0 Å². The summed E-state index contributed by atoms with van der Waals surface area (Å²) in [6.45, 7) is 4.30. The fourth-order valence-corrected chi connectivity index (χ4v) is 3.69. The highest BCUT2D eigenvalue weighted by Gasteiger charge is 2.30. The fraction of sp³-hybridized carbons (Fsp3) is 0.381. The molecule has 0 unspecified atom stereocenters. The Labute approximate surface area is 170 Å². The second kappa shape index (κ2) is 9.38. The second-order valence-electron chi connectivity index (χ2n) is 6.93. The van der Waals surface area contributed by atoms with E-state index in [0.717, 1.165) is 23.4 Å². The summed E-state index contributed by atoms with van der Waals surface area (Å²) in [4.78, 5) is 35.9. The maximum absolute atomic E-state index is 12.6. The number of likely N-dealkylation sites (tertiary alicyclic amines) is 1. The molecule has 8 heteroatoms. The molecule has 2 aromatic rings. The number of pyridine rings is 2. The van der Waals surface area contributed by atoms with Crippen LogP contribution in [0, 0.1) is 0 Å². The maximum Gasteiger partial charge on any atom is 0.271 e. The fourth-order valence-electron chi connectivity index (χ4n) is 3.69. The Hall–Kier alpha value is -3.13. The van der Waals surface area contributed by atoms with Crippen molar-refractivity contribution in [1.29, 1.82) is 0 Å². The molecule has 0 saturated carbocycles. The van der Waals surface area contributed by atoms with Gasteiger partial charge < -0.3 is 25.8 Å². The molecule has 0 radical (unpaired) electrons. The third-order valence-corrected chi connectivity index (χ3v) is 5.20. The van der Waals surface area contributed by atoms with Crippen LogP contribution in [0.5, 0.6) is 0 Å². The van der Waals surface area contributed by atoms with E-state index in [4.69, 9.17) is 5.73 Å². The molecule has 1 fully saturated rings. The van der Waals surface area contributed by atoms with Gasteiger partial charge in [0, 0.05) is 63.3 Å². The molecule has 0 aliphatic carbocycles. The van der Waals surface area contributed by atoms with Crippen molar-refractivity contribution in [2.24, 2.45) is 5.73 Å². The van der Waals surface area contributed by atoms with E-state index in [1.165, 1.54) is 6.08 Å². The largest absolute Gasteiger partial charge is 0.373 e. The van der Waals surface area contributed by atoms with Gasteiger partial charge in [-0.25, -0.2) is 4.98 Å². The molecular formula is C21H28N6O2. The number of nitrogens with two attached hydrogens (primary N) is 1. The molecule has 1 aliphatic heterocycles. The van der Waals surface area contributed by atoms with Gasteiger partial charge in [0.2, 0.25) is 5.91 Å². The topological polar surface area (TPSA) is 107 Å². The van der Waals surface area contributed by atoms with Gasteiger partial charge in [0.05, 0.1) is 0 Å². The first-order valence-electron chi connectivity index (χ1n) is 9.86. The van der Waals surface area contributed by atoms with Crippen LogP contribution in [0.4, 0.5) is 11.5 Å². The number of hydrogen-bond donors (Lipinski definition) is 3. The number of aromatic nitrogens is 2. The minimum atomic E-state index is -0.133. The Kier molecular flexibility index (Phi) is 6.66. The molecule has 154 valence electrons. The predicted octanol–water partition coefficient (Wildman–Crippen LogP) is 1.42. The molecule has 0 bridgehead atoms. The van der Waals surface area contributed by atoms with Crippen LogP contribution in [0.1, 0.15) is 13.3 Å². The third kappa shape index (κ3) is 4.65. The van der Waals surface area contributed by atoms with E-state index in [2.05, 4.69) is 20.2 Å². The van der Waals surface area contributed by atoms with Crippen LogP contribution in [0.25, 0.3) is 11.1 Å². The Morgan fingerprint density at radius 2 is 2.28 bits per heavy atom. The van der Waals surface area contributed by atoms with Crippen LogP contribution in [0.2, 0.25) is 0 Å². The van der Waals surface area contributed by atoms with E-state index < -0.39 is 0 Å². The molecule has 1 atom stereocenters. The third-order valence-electron chi connectivity index (χ3n) is 5.20. The zero-order valence-corrected chi connectivity index (χ0v) is 16.9. The van der Waals surface area contributed by atoms with E-state index in [0.29, 0.717) is 31.9 Å². The number of carbonyl (C=O) groups excluding carboxylic acids is 1. The van der Waals surface area contributed by atoms with E-state index in [9.17, 15) is 9.59 Å². The van der Waals surface area contributed by atoms with Crippen LogP contribution in [-0.2, 0) is 4.79 Å². The highest BCUT2D eigenvalue weighted by molar-refractivity contribution is 5.88. The Morgan fingerprint density at radius 1 is 1.45 bits per heavy atom. The average molecular weight is 396 g/mol. The van der Waals surface area contributed by atoms with Gasteiger partial charge >= 0.3 is 0 Å². The second-order valence-corrected chi connectivity index (χ2v) is 6.93. The number of rotatable bonds is 7. The van der Waals surface area contributed by atoms with Gasteiger partial charge in [0.25, 0.3) is 5.56 Å². The Morgan fingerprint density at radius 3 is 3.00 bits per heavy atom. The number of aromatic amines is 1. The summed E-state index contributed by atoms with van der Waals surface area (Å²) < 4.78 is 0. The van der Waals surface area contributed by atoms with Crippen molar-refractivity contribution in [1.82, 2.24) is 14.9 Å². The van der Waals surface area contributed by atoms with Crippen LogP contribution in [-0.4, -0.2) is 60.0 Å². The van der Waals surface area contributed by atoms with Crippen LogP contribution < -0.4 is 21.5 Å². The molecule has 1 amide bonds. The summed E-state index contributed by atoms with van der Waals surface area (Å²) >= 11 is 0. The summed E-state index contributed by atoms with van der Waals surface area (Å²) in [5, 5.41) is 3.03. The number of amides is 1. The number of carbonyl (C=O) groups is 1. The summed E-state index contributed by atoms with van der Waals surface area (Å²) in [6, 6.07) is 5.86. The lowest BCUT2D eigenvalue weighted by Gasteiger charge is -2.29. The van der Waals surface area contributed by atoms with Crippen LogP contribution in [0.15, 0.2) is 47.5 Å². The molecule has 1 saturated heterocycles. The first-order valence-corrected chi connectivity index (χ1v) is 9.86. The van der Waals surface area contributed by atoms with Crippen molar-refractivity contribution >= 4 is 17.4 Å². The number of anilines is 2. The first kappa shape index (κ1) is 20.6. The Balaban J connectivity index is 1.85. The quantitative estimate of drug-likeness (QED) is 0.611. The van der Waals surface area contributed by atoms with Gasteiger partial charge in [-0.15, -0.1) is 0 Å². The van der Waals surface area contributed by atoms with Crippen molar-refractivity contribution < 1.29 is 4.79 Å². The molecule has 1 aliphatic rings. The van der Waals surface area contributed by atoms with Gasteiger partial charge in [-0.3, -0.25) is 9.59 Å². The monoisotopic (exact) mass is 396 g/mol. The molecule has 3 heterocycles. The number of nitrogens with one attached hydrogen (secondary N) is 2. The average Bonchev–Trinajstić information content (AvgIpc) is 3.24. The van der Waals surface area contributed by atoms with Gasteiger partial charge in [-0.1, -0.05) is 6.08 Å². The van der Waals surface area contributed by atoms with Crippen molar-refractivity contribution in [3.8, 4) is 11.1 Å². The van der Waals surface area contributed by atoms with E-state index in [1.807, 2.05) is 32.2 Å². The van der Waals surface area contributed by atoms with E-state index in [-0.39, 0.29) is 17.5 Å². The van der Waals surface area contributed by atoms with Crippen LogP contribution >= 0.6 is 0 Å². The van der Waals surface area contributed by atoms with Crippen LogP contribution in [0.3, 0.4) is 0 Å². The number of nitrogens with zero attached hydrogens (tertiary/aromatic N) is 3. The number of H-pyrrole nitrogens is 1. The molecule has 8 nitrogen and oxygen atoms in total. The van der Waals surface area contributed by atoms with Gasteiger partial charge in [0.1, 0.15) is 11.5 Å². The summed E-state index contributed by atoms with van der Waals surface area (Å²) in [6.07, 6.45) is 7.46. The lowest BCUT2D eigenvalue weighted by Crippen LogP contribution is -2.41. The van der Waals surface area contributed by atoms with Crippen molar-refractivity contribution in [2.45, 2.75) is 19.4 Å². The molecule has 4 N–H and O–H groups in total. The molecule has 2 aromatic heterocycles. The summed E-state index contributed by atoms with van der Waals surface area (Å²) in [5.41, 5.74) is 7.79. The SMILES string of the molecule is CCN(c1cc(-c2ccnc(NC)c2)c[nH]c1=O)[C@H]1CCN(C(=O)C=CCN)C1. The lowest BCUT2D eigenvalue weighted by molar-refractivity contribution is -0.125. The minimum absolute atomic E-state index is 0.0342. The normalized spacial score (nSPS) is 16.4. The predicted molar refractivity (Wildman–Crippen MR) is 116 cm³/mol. The minimum Gasteiger partial charge on any atom is -0.373 e. The number of hydrogen-bond acceptors (Lipinski definition) is 6. The first-order chi connectivity index (χ1) is 14.1. The van der Waals surface area contributed by atoms with Crippen molar-refractivity contribution in [3.63, 3.8) is 0 Å². The standard InChI is InChI=1S/C21H28N6O2/c1-3-27(17-7-10-26(14-17)20(28)5-4-8-22)18-11-16(13-25-21(18)29)15-6-9-24-19(12-15)23-2/h4-6,9,11-13,17H,3,7-8,10,14,22H2,1-2H3,(H,23,24)(H,25,29)/t17-/m0/s1. The highest BCUT2D eigenvalue weighted by atomic mass is 16.2. The summed E-state index contributed by atoms with van der Waals surface area (Å²) in [7, 11) is 1.82. The zero-order valence-electron chi connectivity index (χ0n) is 16.9. The smallest absolute Gasteiger partial charge is 0.271 e. The molecule has 0 spiro atoms. The maximum atomic E-state index is 12.6. The van der Waals surface area contributed by atoms with Crippen molar-refractivity contribution in [3.05, 3.63) is 53.1 Å². The lowest BCUT2D eigenvalue weighted by atomic mass is 10.1. The van der Waals surface area contributed by atoms with Gasteiger partial charge in [-0.05, 0) is 37.1 Å². The molecule has 29 heavy (non-hydrogen) atoms. The molecular weight excluding hydrogens is 368 g/mol. The molecule has 0 aromatic carbocycles. The van der Waals surface area contributed by atoms with Crippen molar-refractivity contribution in [2.75, 3.05) is 43.4 Å². The van der Waals surface area contributed by atoms with E-state index >= 15 is 0 Å². The summed E-state index contributed by atoms with van der Waals surface area (Å²) in [5.74, 6) is 0.728. The molecule has 3 rings (SSSR count). The zero-order chi connectivity index (χ0) is 20.8. The number of likely N-dealkylation sites (N-methyl/N-ethyl adjacent to an activating group) is 1.